The number of halogens is 5. The van der Waals surface area contributed by atoms with Gasteiger partial charge in [0.15, 0.2) is 11.6 Å². The maximum Gasteiger partial charge on any atom is 0.416 e. The highest BCUT2D eigenvalue weighted by Crippen LogP contribution is 2.33. The van der Waals surface area contributed by atoms with Crippen molar-refractivity contribution in [1.29, 1.82) is 0 Å². The van der Waals surface area contributed by atoms with Crippen LogP contribution in [0.2, 0.25) is 5.28 Å². The van der Waals surface area contributed by atoms with Gasteiger partial charge < -0.3 is 5.32 Å². The summed E-state index contributed by atoms with van der Waals surface area (Å²) in [6.07, 6.45) is -3.65. The molecule has 20 heavy (non-hydrogen) atoms. The molecule has 0 saturated carbocycles. The molecule has 0 aliphatic heterocycles. The number of rotatable bonds is 2. The molecule has 106 valence electrons. The quantitative estimate of drug-likeness (QED) is 0.662. The summed E-state index contributed by atoms with van der Waals surface area (Å²) in [6.45, 7) is 1.59. The van der Waals surface area contributed by atoms with Crippen molar-refractivity contribution >= 4 is 23.1 Å². The molecule has 1 heterocycles. The van der Waals surface area contributed by atoms with Gasteiger partial charge >= 0.3 is 6.18 Å². The van der Waals surface area contributed by atoms with Crippen LogP contribution >= 0.6 is 11.6 Å². The predicted octanol–water partition coefficient (Wildman–Crippen LogP) is 4.34. The Morgan fingerprint density at radius 1 is 1.25 bits per heavy atom. The predicted molar refractivity (Wildman–Crippen MR) is 66.5 cm³/mol. The van der Waals surface area contributed by atoms with Crippen LogP contribution < -0.4 is 5.32 Å². The minimum absolute atomic E-state index is 0.0912. The van der Waals surface area contributed by atoms with E-state index in [0.717, 1.165) is 18.3 Å². The standard InChI is InChI=1S/C12H8ClF4N3/c1-6-2-3-7(12(15,16)17)4-9(6)19-10-8(14)5-18-11(13)20-10/h2-5H,1H3,(H,18,19,20). The van der Waals surface area contributed by atoms with Crippen LogP contribution in [0.4, 0.5) is 29.1 Å². The van der Waals surface area contributed by atoms with E-state index in [2.05, 4.69) is 15.3 Å². The highest BCUT2D eigenvalue weighted by Gasteiger charge is 2.30. The van der Waals surface area contributed by atoms with Crippen LogP contribution in [0.15, 0.2) is 24.4 Å². The zero-order valence-electron chi connectivity index (χ0n) is 10.1. The molecule has 0 atom stereocenters. The van der Waals surface area contributed by atoms with Crippen molar-refractivity contribution in [3.63, 3.8) is 0 Å². The van der Waals surface area contributed by atoms with E-state index in [1.165, 1.54) is 6.07 Å². The van der Waals surface area contributed by atoms with Crippen LogP contribution in [0.25, 0.3) is 0 Å². The second-order valence-electron chi connectivity index (χ2n) is 3.99. The van der Waals surface area contributed by atoms with Crippen molar-refractivity contribution < 1.29 is 17.6 Å². The number of anilines is 2. The van der Waals surface area contributed by atoms with Gasteiger partial charge in [0.25, 0.3) is 0 Å². The molecule has 0 aliphatic rings. The lowest BCUT2D eigenvalue weighted by Gasteiger charge is -2.13. The van der Waals surface area contributed by atoms with Crippen LogP contribution in [0, 0.1) is 12.7 Å². The first-order valence-electron chi connectivity index (χ1n) is 5.40. The van der Waals surface area contributed by atoms with E-state index in [1.807, 2.05) is 0 Å². The largest absolute Gasteiger partial charge is 0.416 e. The molecule has 2 rings (SSSR count). The molecule has 0 spiro atoms. The van der Waals surface area contributed by atoms with Gasteiger partial charge in [0.05, 0.1) is 11.8 Å². The second kappa shape index (κ2) is 5.24. The van der Waals surface area contributed by atoms with E-state index in [-0.39, 0.29) is 16.8 Å². The second-order valence-corrected chi connectivity index (χ2v) is 4.33. The van der Waals surface area contributed by atoms with Crippen LogP contribution in [0.1, 0.15) is 11.1 Å². The van der Waals surface area contributed by atoms with Gasteiger partial charge in [-0.2, -0.15) is 18.2 Å². The van der Waals surface area contributed by atoms with Gasteiger partial charge in [-0.3, -0.25) is 0 Å². The third-order valence-electron chi connectivity index (χ3n) is 2.53. The molecule has 2 aromatic rings. The zero-order chi connectivity index (χ0) is 14.9. The van der Waals surface area contributed by atoms with Crippen LogP contribution in [-0.4, -0.2) is 9.97 Å². The minimum Gasteiger partial charge on any atom is -0.337 e. The molecule has 3 nitrogen and oxygen atoms in total. The molecule has 0 fully saturated rings. The Bertz CT molecular complexity index is 643. The summed E-state index contributed by atoms with van der Waals surface area (Å²) >= 11 is 5.52. The molecule has 8 heteroatoms. The smallest absolute Gasteiger partial charge is 0.337 e. The third-order valence-corrected chi connectivity index (χ3v) is 2.71. The summed E-state index contributed by atoms with van der Waals surface area (Å²) in [5.74, 6) is -1.10. The number of nitrogens with one attached hydrogen (secondary N) is 1. The fourth-order valence-electron chi connectivity index (χ4n) is 1.49. The highest BCUT2D eigenvalue weighted by atomic mass is 35.5. The Kier molecular flexibility index (Phi) is 3.80. The first kappa shape index (κ1) is 14.5. The number of aryl methyl sites for hydroxylation is 1. The SMILES string of the molecule is Cc1ccc(C(F)(F)F)cc1Nc1nc(Cl)ncc1F. The van der Waals surface area contributed by atoms with Crippen molar-refractivity contribution in [2.45, 2.75) is 13.1 Å². The maximum absolute atomic E-state index is 13.5. The molecule has 0 radical (unpaired) electrons. The third kappa shape index (κ3) is 3.16. The first-order valence-corrected chi connectivity index (χ1v) is 5.78. The van der Waals surface area contributed by atoms with Gasteiger partial charge in [-0.05, 0) is 36.2 Å². The van der Waals surface area contributed by atoms with Crippen molar-refractivity contribution in [2.24, 2.45) is 0 Å². The summed E-state index contributed by atoms with van der Waals surface area (Å²) in [7, 11) is 0. The molecule has 1 aromatic carbocycles. The van der Waals surface area contributed by atoms with Gasteiger partial charge in [0.2, 0.25) is 5.28 Å². The molecular weight excluding hydrogens is 298 g/mol. The van der Waals surface area contributed by atoms with E-state index in [9.17, 15) is 17.6 Å². The molecule has 0 unspecified atom stereocenters. The number of alkyl halides is 3. The van der Waals surface area contributed by atoms with Crippen LogP contribution in [-0.2, 0) is 6.18 Å². The summed E-state index contributed by atoms with van der Waals surface area (Å²) < 4.78 is 51.4. The maximum atomic E-state index is 13.5. The lowest BCUT2D eigenvalue weighted by atomic mass is 10.1. The number of benzene rings is 1. The van der Waals surface area contributed by atoms with Crippen molar-refractivity contribution in [3.8, 4) is 0 Å². The van der Waals surface area contributed by atoms with Gasteiger partial charge in [0.1, 0.15) is 0 Å². The highest BCUT2D eigenvalue weighted by molar-refractivity contribution is 6.28. The first-order chi connectivity index (χ1) is 9.27. The topological polar surface area (TPSA) is 37.8 Å². The number of aromatic nitrogens is 2. The molecule has 0 amide bonds. The Hall–Kier alpha value is -1.89. The van der Waals surface area contributed by atoms with E-state index >= 15 is 0 Å². The van der Waals surface area contributed by atoms with Gasteiger partial charge in [-0.25, -0.2) is 9.37 Å². The Labute approximate surface area is 116 Å². The van der Waals surface area contributed by atoms with Crippen LogP contribution in [0.3, 0.4) is 0 Å². The average molecular weight is 306 g/mol. The molecule has 0 aliphatic carbocycles. The van der Waals surface area contributed by atoms with E-state index < -0.39 is 17.6 Å². The van der Waals surface area contributed by atoms with Crippen molar-refractivity contribution in [2.75, 3.05) is 5.32 Å². The number of nitrogens with zero attached hydrogens (tertiary/aromatic N) is 2. The van der Waals surface area contributed by atoms with Gasteiger partial charge in [-0.15, -0.1) is 0 Å². The number of hydrogen-bond acceptors (Lipinski definition) is 3. The van der Waals surface area contributed by atoms with E-state index in [4.69, 9.17) is 11.6 Å². The summed E-state index contributed by atoms with van der Waals surface area (Å²) in [4.78, 5) is 7.01. The molecule has 1 N–H and O–H groups in total. The lowest BCUT2D eigenvalue weighted by molar-refractivity contribution is -0.137. The van der Waals surface area contributed by atoms with E-state index in [0.29, 0.717) is 5.56 Å². The summed E-state index contributed by atoms with van der Waals surface area (Å²) in [6, 6.07) is 3.11. The van der Waals surface area contributed by atoms with Crippen LogP contribution in [0.5, 0.6) is 0 Å². The van der Waals surface area contributed by atoms with E-state index in [1.54, 1.807) is 6.92 Å². The van der Waals surface area contributed by atoms with Gasteiger partial charge in [0, 0.05) is 5.69 Å². The fraction of sp³-hybridized carbons (Fsp3) is 0.167. The average Bonchev–Trinajstić information content (AvgIpc) is 2.35. The fourth-order valence-corrected chi connectivity index (χ4v) is 1.63. The number of hydrogen-bond donors (Lipinski definition) is 1. The molecule has 0 bridgehead atoms. The molecular formula is C12H8ClF4N3. The monoisotopic (exact) mass is 305 g/mol. The minimum atomic E-state index is -4.48. The Morgan fingerprint density at radius 2 is 1.95 bits per heavy atom. The summed E-state index contributed by atoms with van der Waals surface area (Å²) in [5.41, 5.74) is -0.244. The molecule has 0 saturated heterocycles. The normalized spacial score (nSPS) is 11.5. The van der Waals surface area contributed by atoms with Crippen molar-refractivity contribution in [3.05, 3.63) is 46.6 Å². The summed E-state index contributed by atoms with van der Waals surface area (Å²) in [5, 5.41) is 2.27. The Balaban J connectivity index is 2.40. The van der Waals surface area contributed by atoms with Crippen molar-refractivity contribution in [1.82, 2.24) is 9.97 Å². The lowest BCUT2D eigenvalue weighted by Crippen LogP contribution is -2.07. The zero-order valence-corrected chi connectivity index (χ0v) is 10.8. The van der Waals surface area contributed by atoms with Gasteiger partial charge in [-0.1, -0.05) is 6.07 Å². The molecule has 1 aromatic heterocycles. The Morgan fingerprint density at radius 3 is 2.60 bits per heavy atom.